The van der Waals surface area contributed by atoms with Crippen LogP contribution in [0.25, 0.3) is 11.3 Å². The normalized spacial score (nSPS) is 17.4. The lowest BCUT2D eigenvalue weighted by Gasteiger charge is -2.32. The van der Waals surface area contributed by atoms with Gasteiger partial charge in [0, 0.05) is 30.8 Å². The number of carboxylic acids is 1. The Balaban J connectivity index is 1.61. The molecule has 6 nitrogen and oxygen atoms in total. The number of aryl methyl sites for hydroxylation is 1. The first kappa shape index (κ1) is 15.7. The molecule has 2 N–H and O–H groups in total. The molecule has 0 amide bonds. The van der Waals surface area contributed by atoms with E-state index in [-0.39, 0.29) is 0 Å². The molecule has 4 rings (SSSR count). The first-order valence-electron chi connectivity index (χ1n) is 8.26. The monoisotopic (exact) mass is 337 g/mol. The molecule has 0 bridgehead atoms. The molecule has 0 saturated heterocycles. The van der Waals surface area contributed by atoms with E-state index in [1.54, 1.807) is 6.33 Å². The number of carboxylic acid groups (broad SMARTS) is 1. The maximum atomic E-state index is 11.8. The lowest BCUT2D eigenvalue weighted by Crippen LogP contribution is -2.39. The van der Waals surface area contributed by atoms with E-state index in [0.29, 0.717) is 18.8 Å². The van der Waals surface area contributed by atoms with Crippen molar-refractivity contribution in [2.45, 2.75) is 25.9 Å². The van der Waals surface area contributed by atoms with Crippen LogP contribution in [0.1, 0.15) is 28.8 Å². The third-order valence-corrected chi connectivity index (χ3v) is 4.60. The highest BCUT2D eigenvalue weighted by Gasteiger charge is 2.35. The van der Waals surface area contributed by atoms with Crippen molar-refractivity contribution in [3.63, 3.8) is 0 Å². The molecule has 0 fully saturated rings. The Morgan fingerprint density at radius 2 is 2.28 bits per heavy atom. The lowest BCUT2D eigenvalue weighted by molar-refractivity contribution is -0.144. The van der Waals surface area contributed by atoms with Crippen LogP contribution in [0.4, 0.5) is 0 Å². The van der Waals surface area contributed by atoms with E-state index in [4.69, 9.17) is 4.42 Å². The van der Waals surface area contributed by atoms with Crippen molar-refractivity contribution in [3.05, 3.63) is 65.4 Å². The first-order chi connectivity index (χ1) is 12.1. The van der Waals surface area contributed by atoms with E-state index in [1.807, 2.05) is 42.2 Å². The second kappa shape index (κ2) is 6.22. The molecule has 25 heavy (non-hydrogen) atoms. The van der Waals surface area contributed by atoms with E-state index in [2.05, 4.69) is 16.0 Å². The number of aliphatic carboxylic acids is 1. The molecule has 1 atom stereocenters. The zero-order chi connectivity index (χ0) is 17.4. The Labute approximate surface area is 145 Å². The van der Waals surface area contributed by atoms with Gasteiger partial charge in [-0.1, -0.05) is 18.2 Å². The van der Waals surface area contributed by atoms with Crippen molar-refractivity contribution < 1.29 is 14.3 Å². The molecular weight excluding hydrogens is 318 g/mol. The van der Waals surface area contributed by atoms with Crippen molar-refractivity contribution in [2.75, 3.05) is 6.54 Å². The van der Waals surface area contributed by atoms with Gasteiger partial charge in [0.05, 0.1) is 12.0 Å². The number of hydrogen-bond acceptors (Lipinski definition) is 4. The first-order valence-corrected chi connectivity index (χ1v) is 8.26. The number of aromatic amines is 1. The molecule has 1 aliphatic rings. The molecule has 6 heteroatoms. The molecule has 0 saturated carbocycles. The Morgan fingerprint density at radius 1 is 1.40 bits per heavy atom. The van der Waals surface area contributed by atoms with Crippen LogP contribution in [0.3, 0.4) is 0 Å². The predicted octanol–water partition coefficient (Wildman–Crippen LogP) is 3.16. The van der Waals surface area contributed by atoms with Crippen LogP contribution in [0, 0.1) is 6.92 Å². The van der Waals surface area contributed by atoms with Crippen molar-refractivity contribution >= 4 is 5.97 Å². The average Bonchev–Trinajstić information content (AvgIpc) is 3.23. The van der Waals surface area contributed by atoms with Crippen LogP contribution < -0.4 is 0 Å². The number of rotatable bonds is 4. The number of carbonyl (C=O) groups is 1. The van der Waals surface area contributed by atoms with E-state index in [0.717, 1.165) is 34.8 Å². The summed E-state index contributed by atoms with van der Waals surface area (Å²) in [7, 11) is 0. The molecular formula is C19H19N3O3. The summed E-state index contributed by atoms with van der Waals surface area (Å²) >= 11 is 0. The van der Waals surface area contributed by atoms with Gasteiger partial charge in [-0.3, -0.25) is 9.69 Å². The highest BCUT2D eigenvalue weighted by molar-refractivity contribution is 5.75. The lowest BCUT2D eigenvalue weighted by atomic mass is 10.0. The van der Waals surface area contributed by atoms with Crippen LogP contribution in [-0.4, -0.2) is 32.5 Å². The van der Waals surface area contributed by atoms with Crippen LogP contribution in [0.15, 0.2) is 47.1 Å². The van der Waals surface area contributed by atoms with Gasteiger partial charge >= 0.3 is 5.97 Å². The van der Waals surface area contributed by atoms with Crippen molar-refractivity contribution in [3.8, 4) is 11.3 Å². The van der Waals surface area contributed by atoms with Crippen LogP contribution in [0.5, 0.6) is 0 Å². The van der Waals surface area contributed by atoms with Crippen LogP contribution in [0.2, 0.25) is 0 Å². The molecule has 2 aromatic heterocycles. The maximum absolute atomic E-state index is 11.8. The van der Waals surface area contributed by atoms with Crippen molar-refractivity contribution in [2.24, 2.45) is 0 Å². The smallest absolute Gasteiger partial charge is 0.327 e. The van der Waals surface area contributed by atoms with Gasteiger partial charge in [-0.25, -0.2) is 4.98 Å². The second-order valence-corrected chi connectivity index (χ2v) is 6.34. The van der Waals surface area contributed by atoms with Gasteiger partial charge in [-0.05, 0) is 30.7 Å². The number of furan rings is 1. The molecule has 1 aromatic carbocycles. The number of hydrogen-bond donors (Lipinski definition) is 2. The summed E-state index contributed by atoms with van der Waals surface area (Å²) in [5.74, 6) is 0.821. The quantitative estimate of drug-likeness (QED) is 0.764. The molecule has 0 radical (unpaired) electrons. The number of imidazole rings is 1. The summed E-state index contributed by atoms with van der Waals surface area (Å²) in [6.45, 7) is 3.15. The van der Waals surface area contributed by atoms with Gasteiger partial charge < -0.3 is 14.5 Å². The standard InChI is InChI=1S/C19H19N3O3/c1-12-5-6-16(25-12)14-4-2-3-13(9-14)10-22-8-7-15-17(21-11-20-15)18(22)19(23)24/h2-6,9,11,18H,7-8,10H2,1H3,(H,20,21)(H,23,24)/t18-/m0/s1. The maximum Gasteiger partial charge on any atom is 0.327 e. The third kappa shape index (κ3) is 2.96. The van der Waals surface area contributed by atoms with E-state index in [1.165, 1.54) is 0 Å². The fourth-order valence-corrected chi connectivity index (χ4v) is 3.42. The number of aromatic nitrogens is 2. The summed E-state index contributed by atoms with van der Waals surface area (Å²) in [6.07, 6.45) is 2.35. The van der Waals surface area contributed by atoms with Gasteiger partial charge in [0.15, 0.2) is 6.04 Å². The molecule has 0 spiro atoms. The number of benzene rings is 1. The molecule has 3 heterocycles. The Hall–Kier alpha value is -2.86. The van der Waals surface area contributed by atoms with Gasteiger partial charge in [0.2, 0.25) is 0 Å². The minimum atomic E-state index is -0.870. The zero-order valence-electron chi connectivity index (χ0n) is 13.9. The zero-order valence-corrected chi connectivity index (χ0v) is 13.9. The summed E-state index contributed by atoms with van der Waals surface area (Å²) < 4.78 is 5.69. The Kier molecular flexibility index (Phi) is 3.89. The molecule has 1 aliphatic heterocycles. The minimum Gasteiger partial charge on any atom is -0.480 e. The highest BCUT2D eigenvalue weighted by atomic mass is 16.4. The molecule has 0 aliphatic carbocycles. The number of nitrogens with one attached hydrogen (secondary N) is 1. The summed E-state index contributed by atoms with van der Waals surface area (Å²) in [5.41, 5.74) is 3.59. The number of nitrogens with zero attached hydrogens (tertiary/aromatic N) is 2. The SMILES string of the molecule is Cc1ccc(-c2cccc(CN3CCc4[nH]cnc4[C@H]3C(=O)O)c2)o1. The highest BCUT2D eigenvalue weighted by Crippen LogP contribution is 2.30. The summed E-state index contributed by atoms with van der Waals surface area (Å²) in [4.78, 5) is 21.0. The van der Waals surface area contributed by atoms with E-state index < -0.39 is 12.0 Å². The second-order valence-electron chi connectivity index (χ2n) is 6.34. The van der Waals surface area contributed by atoms with Gasteiger partial charge in [0.1, 0.15) is 11.5 Å². The molecule has 128 valence electrons. The fourth-order valence-electron chi connectivity index (χ4n) is 3.42. The Bertz CT molecular complexity index is 912. The van der Waals surface area contributed by atoms with Crippen molar-refractivity contribution in [1.82, 2.24) is 14.9 Å². The minimum absolute atomic E-state index is 0.552. The topological polar surface area (TPSA) is 82.4 Å². The van der Waals surface area contributed by atoms with Crippen molar-refractivity contribution in [1.29, 1.82) is 0 Å². The predicted molar refractivity (Wildman–Crippen MR) is 92.0 cm³/mol. The average molecular weight is 337 g/mol. The van der Waals surface area contributed by atoms with Gasteiger partial charge in [-0.2, -0.15) is 0 Å². The molecule has 3 aromatic rings. The van der Waals surface area contributed by atoms with Crippen LogP contribution in [-0.2, 0) is 17.8 Å². The van der Waals surface area contributed by atoms with Gasteiger partial charge in [0.25, 0.3) is 0 Å². The third-order valence-electron chi connectivity index (χ3n) is 4.60. The Morgan fingerprint density at radius 3 is 3.04 bits per heavy atom. The summed E-state index contributed by atoms with van der Waals surface area (Å²) in [5, 5.41) is 9.68. The number of H-pyrrole nitrogens is 1. The number of fused-ring (bicyclic) bond motifs is 1. The van der Waals surface area contributed by atoms with Gasteiger partial charge in [-0.15, -0.1) is 0 Å². The summed E-state index contributed by atoms with van der Waals surface area (Å²) in [6, 6.07) is 11.2. The largest absolute Gasteiger partial charge is 0.480 e. The molecule has 0 unspecified atom stereocenters. The fraction of sp³-hybridized carbons (Fsp3) is 0.263. The van der Waals surface area contributed by atoms with E-state index in [9.17, 15) is 9.90 Å². The van der Waals surface area contributed by atoms with E-state index >= 15 is 0 Å². The van der Waals surface area contributed by atoms with Crippen LogP contribution >= 0.6 is 0 Å².